The molecule has 0 fully saturated rings. The summed E-state index contributed by atoms with van der Waals surface area (Å²) in [6, 6.07) is 26.3. The van der Waals surface area contributed by atoms with E-state index in [4.69, 9.17) is 4.98 Å². The Bertz CT molecular complexity index is 960. The summed E-state index contributed by atoms with van der Waals surface area (Å²) in [4.78, 5) is 4.78. The summed E-state index contributed by atoms with van der Waals surface area (Å²) in [5.74, 6) is 0. The van der Waals surface area contributed by atoms with Crippen LogP contribution in [0.4, 0.5) is 0 Å². The van der Waals surface area contributed by atoms with E-state index in [0.29, 0.717) is 0 Å². The second-order valence-electron chi connectivity index (χ2n) is 5.32. The zero-order chi connectivity index (χ0) is 16.2. The van der Waals surface area contributed by atoms with E-state index < -0.39 is 0 Å². The molecule has 3 aromatic carbocycles. The maximum Gasteiger partial charge on any atom is 0.0597 e. The van der Waals surface area contributed by atoms with Gasteiger partial charge in [0.05, 0.1) is 5.52 Å². The maximum absolute atomic E-state index is 4.78. The Hall–Kier alpha value is -1.98. The fourth-order valence-corrected chi connectivity index (χ4v) is 2.76. The Morgan fingerprint density at radius 3 is 2.29 bits per heavy atom. The van der Waals surface area contributed by atoms with Gasteiger partial charge in [0.1, 0.15) is 0 Å². The molecule has 24 heavy (non-hydrogen) atoms. The second kappa shape index (κ2) is 8.22. The summed E-state index contributed by atoms with van der Waals surface area (Å²) in [6.45, 7) is 6.13. The van der Waals surface area contributed by atoms with Crippen molar-refractivity contribution in [2.45, 2.75) is 20.8 Å². The monoisotopic (exact) mass is 493 g/mol. The van der Waals surface area contributed by atoms with E-state index in [2.05, 4.69) is 61.5 Å². The van der Waals surface area contributed by atoms with Crippen LogP contribution in [-0.4, -0.2) is 4.98 Å². The second-order valence-corrected chi connectivity index (χ2v) is 5.32. The summed E-state index contributed by atoms with van der Waals surface area (Å²) in [5, 5.41) is 3.64. The maximum atomic E-state index is 4.78. The van der Waals surface area contributed by atoms with Crippen LogP contribution in [0.3, 0.4) is 0 Å². The fourth-order valence-electron chi connectivity index (χ4n) is 2.76. The van der Waals surface area contributed by atoms with Crippen molar-refractivity contribution in [2.24, 2.45) is 0 Å². The molecule has 0 aliphatic heterocycles. The van der Waals surface area contributed by atoms with E-state index in [-0.39, 0.29) is 21.1 Å². The summed E-state index contributed by atoms with van der Waals surface area (Å²) in [7, 11) is 0. The minimum atomic E-state index is 0. The number of pyridine rings is 1. The standard InChI is InChI=1S/C20H14N.C2H6.Pt/c1-14-12-20(21-19-9-5-4-8-18(14)19)17-11-10-15-6-2-3-7-16(15)13-17;1-2;/h2-10,12-13H,1H3;1-2H3;/q-1;;. The quantitative estimate of drug-likeness (QED) is 0.288. The van der Waals surface area contributed by atoms with Gasteiger partial charge in [-0.05, 0) is 24.2 Å². The van der Waals surface area contributed by atoms with Gasteiger partial charge in [-0.2, -0.15) is 0 Å². The normalized spacial score (nSPS) is 9.96. The van der Waals surface area contributed by atoms with Gasteiger partial charge in [0, 0.05) is 26.5 Å². The molecular weight excluding hydrogens is 473 g/mol. The first-order chi connectivity index (χ1) is 11.3. The third-order valence-electron chi connectivity index (χ3n) is 3.88. The van der Waals surface area contributed by atoms with E-state index in [9.17, 15) is 0 Å². The molecule has 0 aliphatic carbocycles. The van der Waals surface area contributed by atoms with Crippen LogP contribution in [0.25, 0.3) is 32.9 Å². The van der Waals surface area contributed by atoms with E-state index in [1.807, 2.05) is 32.0 Å². The van der Waals surface area contributed by atoms with E-state index in [0.717, 1.165) is 16.8 Å². The zero-order valence-electron chi connectivity index (χ0n) is 14.1. The van der Waals surface area contributed by atoms with Crippen LogP contribution in [0.5, 0.6) is 0 Å². The van der Waals surface area contributed by atoms with Crippen molar-refractivity contribution in [1.82, 2.24) is 4.98 Å². The summed E-state index contributed by atoms with van der Waals surface area (Å²) in [5.41, 5.74) is 4.31. The first-order valence-corrected chi connectivity index (χ1v) is 8.08. The minimum absolute atomic E-state index is 0. The van der Waals surface area contributed by atoms with E-state index in [1.54, 1.807) is 0 Å². The van der Waals surface area contributed by atoms with Crippen molar-refractivity contribution < 1.29 is 21.1 Å². The molecular formula is C22H20NPt-. The SMILES string of the molecule is CC.Cc1cc(-c2[c-]cc3ccccc3c2)nc2ccccc12.[Pt]. The fraction of sp³-hybridized carbons (Fsp3) is 0.136. The number of hydrogen-bond acceptors (Lipinski definition) is 1. The largest absolute Gasteiger partial charge is 0.296 e. The molecule has 4 rings (SSSR count). The van der Waals surface area contributed by atoms with Gasteiger partial charge in [-0.25, -0.2) is 0 Å². The third-order valence-corrected chi connectivity index (χ3v) is 3.88. The Morgan fingerprint density at radius 1 is 0.833 bits per heavy atom. The van der Waals surface area contributed by atoms with E-state index >= 15 is 0 Å². The number of para-hydroxylation sites is 1. The average Bonchev–Trinajstić information content (AvgIpc) is 2.63. The van der Waals surface area contributed by atoms with Crippen molar-refractivity contribution in [2.75, 3.05) is 0 Å². The topological polar surface area (TPSA) is 12.9 Å². The average molecular weight is 493 g/mol. The third kappa shape index (κ3) is 3.57. The Balaban J connectivity index is 0.000000670. The molecule has 1 heterocycles. The van der Waals surface area contributed by atoms with Crippen molar-refractivity contribution in [3.05, 3.63) is 78.4 Å². The van der Waals surface area contributed by atoms with Crippen LogP contribution < -0.4 is 0 Å². The first kappa shape index (κ1) is 18.4. The van der Waals surface area contributed by atoms with Gasteiger partial charge in [0.2, 0.25) is 0 Å². The van der Waals surface area contributed by atoms with Crippen LogP contribution in [0.1, 0.15) is 19.4 Å². The number of aryl methyl sites for hydroxylation is 1. The van der Waals surface area contributed by atoms with Crippen LogP contribution in [0, 0.1) is 13.0 Å². The molecule has 1 aromatic heterocycles. The number of nitrogens with zero attached hydrogens (tertiary/aromatic N) is 1. The summed E-state index contributed by atoms with van der Waals surface area (Å²) < 4.78 is 0. The Labute approximate surface area is 158 Å². The van der Waals surface area contributed by atoms with Gasteiger partial charge in [-0.3, -0.25) is 4.98 Å². The predicted molar refractivity (Wildman–Crippen MR) is 99.6 cm³/mol. The first-order valence-electron chi connectivity index (χ1n) is 8.08. The smallest absolute Gasteiger partial charge is 0.0597 e. The van der Waals surface area contributed by atoms with Crippen LogP contribution in [0.15, 0.2) is 66.7 Å². The van der Waals surface area contributed by atoms with E-state index in [1.165, 1.54) is 21.7 Å². The van der Waals surface area contributed by atoms with Crippen LogP contribution >= 0.6 is 0 Å². The number of aromatic nitrogens is 1. The molecule has 0 unspecified atom stereocenters. The molecule has 0 saturated carbocycles. The van der Waals surface area contributed by atoms with Gasteiger partial charge >= 0.3 is 0 Å². The number of rotatable bonds is 1. The summed E-state index contributed by atoms with van der Waals surface area (Å²) in [6.07, 6.45) is 0. The van der Waals surface area contributed by atoms with Crippen molar-refractivity contribution in [3.8, 4) is 11.3 Å². The Morgan fingerprint density at radius 2 is 1.50 bits per heavy atom. The van der Waals surface area contributed by atoms with Gasteiger partial charge in [0.15, 0.2) is 0 Å². The van der Waals surface area contributed by atoms with Crippen molar-refractivity contribution in [1.29, 1.82) is 0 Å². The Kier molecular flexibility index (Phi) is 6.28. The number of benzene rings is 3. The number of fused-ring (bicyclic) bond motifs is 2. The van der Waals surface area contributed by atoms with Crippen molar-refractivity contribution >= 4 is 21.7 Å². The minimum Gasteiger partial charge on any atom is -0.296 e. The molecule has 4 aromatic rings. The summed E-state index contributed by atoms with van der Waals surface area (Å²) >= 11 is 0. The molecule has 0 N–H and O–H groups in total. The van der Waals surface area contributed by atoms with Gasteiger partial charge < -0.3 is 0 Å². The predicted octanol–water partition coefficient (Wildman–Crippen LogP) is 6.19. The molecule has 0 atom stereocenters. The van der Waals surface area contributed by atoms with Gasteiger partial charge in [0.25, 0.3) is 0 Å². The number of hydrogen-bond donors (Lipinski definition) is 0. The van der Waals surface area contributed by atoms with Gasteiger partial charge in [-0.1, -0.05) is 67.8 Å². The molecule has 0 aliphatic rings. The zero-order valence-corrected chi connectivity index (χ0v) is 16.4. The molecule has 0 amide bonds. The molecule has 0 bridgehead atoms. The molecule has 124 valence electrons. The molecule has 0 saturated heterocycles. The van der Waals surface area contributed by atoms with Gasteiger partial charge in [-0.15, -0.1) is 29.1 Å². The van der Waals surface area contributed by atoms with Crippen LogP contribution in [0.2, 0.25) is 0 Å². The van der Waals surface area contributed by atoms with Crippen LogP contribution in [-0.2, 0) is 21.1 Å². The molecule has 0 spiro atoms. The molecule has 1 nitrogen and oxygen atoms in total. The molecule has 0 radical (unpaired) electrons. The molecule has 2 heteroatoms. The van der Waals surface area contributed by atoms with Crippen molar-refractivity contribution in [3.63, 3.8) is 0 Å².